The minimum Gasteiger partial charge on any atom is -0.406 e. The second kappa shape index (κ2) is 7.37. The fourth-order valence-electron chi connectivity index (χ4n) is 3.93. The predicted molar refractivity (Wildman–Crippen MR) is 109 cm³/mol. The monoisotopic (exact) mass is 435 g/mol. The minimum absolute atomic E-state index is 0.237. The van der Waals surface area contributed by atoms with E-state index >= 15 is 0 Å². The lowest BCUT2D eigenvalue weighted by Crippen LogP contribution is -2.43. The highest BCUT2D eigenvalue weighted by Crippen LogP contribution is 2.37. The van der Waals surface area contributed by atoms with Gasteiger partial charge >= 0.3 is 6.36 Å². The lowest BCUT2D eigenvalue weighted by atomic mass is 9.84. The highest BCUT2D eigenvalue weighted by molar-refractivity contribution is 5.86. The van der Waals surface area contributed by atoms with Crippen LogP contribution in [0.3, 0.4) is 0 Å². The number of ether oxygens (including phenoxy) is 1. The number of benzene rings is 1. The van der Waals surface area contributed by atoms with Crippen LogP contribution in [0.1, 0.15) is 39.2 Å². The lowest BCUT2D eigenvalue weighted by Gasteiger charge is -2.39. The maximum atomic E-state index is 12.5. The SMILES string of the molecule is CC(C)(C)n1ncc2c(N3CCC(O)(c4cccc(OC(F)(F)F)c4)CC3)ncnc21. The van der Waals surface area contributed by atoms with Gasteiger partial charge in [-0.15, -0.1) is 13.2 Å². The van der Waals surface area contributed by atoms with Gasteiger partial charge in [-0.05, 0) is 51.3 Å². The molecule has 7 nitrogen and oxygen atoms in total. The molecule has 3 aromatic rings. The molecule has 31 heavy (non-hydrogen) atoms. The Kier molecular flexibility index (Phi) is 5.07. The van der Waals surface area contributed by atoms with Crippen molar-refractivity contribution in [2.24, 2.45) is 0 Å². The molecular formula is C21H24F3N5O2. The Morgan fingerprint density at radius 3 is 2.45 bits per heavy atom. The third-order valence-corrected chi connectivity index (χ3v) is 5.48. The summed E-state index contributed by atoms with van der Waals surface area (Å²) in [5, 5.41) is 16.4. The van der Waals surface area contributed by atoms with E-state index in [0.29, 0.717) is 31.5 Å². The average molecular weight is 435 g/mol. The molecule has 0 spiro atoms. The van der Waals surface area contributed by atoms with Crippen LogP contribution >= 0.6 is 0 Å². The lowest BCUT2D eigenvalue weighted by molar-refractivity contribution is -0.274. The molecule has 2 aromatic heterocycles. The zero-order chi connectivity index (χ0) is 22.4. The number of hydrogen-bond donors (Lipinski definition) is 1. The largest absolute Gasteiger partial charge is 0.573 e. The van der Waals surface area contributed by atoms with E-state index in [1.165, 1.54) is 24.5 Å². The molecule has 0 atom stereocenters. The zero-order valence-electron chi connectivity index (χ0n) is 17.5. The smallest absolute Gasteiger partial charge is 0.406 e. The molecule has 3 heterocycles. The van der Waals surface area contributed by atoms with Crippen LogP contribution < -0.4 is 9.64 Å². The molecule has 1 aliphatic heterocycles. The van der Waals surface area contributed by atoms with Crippen LogP contribution in [0.5, 0.6) is 5.75 Å². The molecule has 0 unspecified atom stereocenters. The molecule has 166 valence electrons. The van der Waals surface area contributed by atoms with Crippen molar-refractivity contribution in [3.8, 4) is 5.75 Å². The number of nitrogens with zero attached hydrogens (tertiary/aromatic N) is 5. The number of hydrogen-bond acceptors (Lipinski definition) is 6. The first kappa shape index (κ1) is 21.4. The molecule has 10 heteroatoms. The third-order valence-electron chi connectivity index (χ3n) is 5.48. The van der Waals surface area contributed by atoms with Crippen molar-refractivity contribution in [3.63, 3.8) is 0 Å². The minimum atomic E-state index is -4.78. The summed E-state index contributed by atoms with van der Waals surface area (Å²) in [6, 6.07) is 5.55. The van der Waals surface area contributed by atoms with Gasteiger partial charge in [0.25, 0.3) is 0 Å². The summed E-state index contributed by atoms with van der Waals surface area (Å²) in [5.74, 6) is 0.393. The highest BCUT2D eigenvalue weighted by atomic mass is 19.4. The maximum absolute atomic E-state index is 12.5. The number of rotatable bonds is 3. The summed E-state index contributed by atoms with van der Waals surface area (Å²) in [4.78, 5) is 10.9. The van der Waals surface area contributed by atoms with Crippen LogP contribution in [-0.2, 0) is 11.1 Å². The van der Waals surface area contributed by atoms with Gasteiger partial charge in [-0.25, -0.2) is 14.6 Å². The number of piperidine rings is 1. The van der Waals surface area contributed by atoms with Gasteiger partial charge in [-0.3, -0.25) is 0 Å². The van der Waals surface area contributed by atoms with Crippen molar-refractivity contribution >= 4 is 16.9 Å². The van der Waals surface area contributed by atoms with Crippen LogP contribution in [0.4, 0.5) is 19.0 Å². The van der Waals surface area contributed by atoms with E-state index in [-0.39, 0.29) is 11.3 Å². The van der Waals surface area contributed by atoms with E-state index in [2.05, 4.69) is 19.8 Å². The molecule has 4 rings (SSSR count). The van der Waals surface area contributed by atoms with Gasteiger partial charge in [0.05, 0.1) is 22.7 Å². The van der Waals surface area contributed by atoms with E-state index in [1.807, 2.05) is 30.4 Å². The normalized spacial score (nSPS) is 17.2. The van der Waals surface area contributed by atoms with Crippen molar-refractivity contribution in [3.05, 3.63) is 42.4 Å². The standard InChI is InChI=1S/C21H24F3N5O2/c1-19(2,3)29-18-16(12-27-29)17(25-13-26-18)28-9-7-20(30,8-10-28)14-5-4-6-15(11-14)31-21(22,23)24/h4-6,11-13,30H,7-10H2,1-3H3. The number of anilines is 1. The van der Waals surface area contributed by atoms with Crippen molar-refractivity contribution in [1.82, 2.24) is 19.7 Å². The van der Waals surface area contributed by atoms with Crippen LogP contribution in [0.2, 0.25) is 0 Å². The van der Waals surface area contributed by atoms with E-state index < -0.39 is 12.0 Å². The molecular weight excluding hydrogens is 411 g/mol. The van der Waals surface area contributed by atoms with Gasteiger partial charge in [-0.1, -0.05) is 12.1 Å². The summed E-state index contributed by atoms with van der Waals surface area (Å²) in [6.07, 6.45) is -0.863. The summed E-state index contributed by atoms with van der Waals surface area (Å²) in [6.45, 7) is 7.08. The molecule has 1 N–H and O–H groups in total. The molecule has 1 fully saturated rings. The number of halogens is 3. The molecule has 1 aromatic carbocycles. The van der Waals surface area contributed by atoms with E-state index in [0.717, 1.165) is 16.9 Å². The first-order valence-electron chi connectivity index (χ1n) is 9.99. The van der Waals surface area contributed by atoms with Crippen molar-refractivity contribution < 1.29 is 23.0 Å². The number of fused-ring (bicyclic) bond motifs is 1. The van der Waals surface area contributed by atoms with Gasteiger partial charge in [0.1, 0.15) is 17.9 Å². The second-order valence-corrected chi connectivity index (χ2v) is 8.76. The van der Waals surface area contributed by atoms with Crippen molar-refractivity contribution in [2.45, 2.75) is 51.1 Å². The number of aliphatic hydroxyl groups is 1. The Hall–Kier alpha value is -2.88. The first-order valence-corrected chi connectivity index (χ1v) is 9.99. The predicted octanol–water partition coefficient (Wildman–Crippen LogP) is 3.97. The number of aromatic nitrogens is 4. The van der Waals surface area contributed by atoms with Crippen molar-refractivity contribution in [2.75, 3.05) is 18.0 Å². The molecule has 0 amide bonds. The molecule has 1 saturated heterocycles. The summed E-state index contributed by atoms with van der Waals surface area (Å²) in [5.41, 5.74) is -0.347. The van der Waals surface area contributed by atoms with Crippen LogP contribution in [0.25, 0.3) is 11.0 Å². The Balaban J connectivity index is 1.55. The summed E-state index contributed by atoms with van der Waals surface area (Å²) in [7, 11) is 0. The summed E-state index contributed by atoms with van der Waals surface area (Å²) < 4.78 is 43.5. The van der Waals surface area contributed by atoms with Gasteiger partial charge in [0.2, 0.25) is 0 Å². The molecule has 0 radical (unpaired) electrons. The molecule has 0 aliphatic carbocycles. The van der Waals surface area contributed by atoms with Crippen LogP contribution in [0, 0.1) is 0 Å². The average Bonchev–Trinajstić information content (AvgIpc) is 3.12. The van der Waals surface area contributed by atoms with E-state index in [1.54, 1.807) is 12.3 Å². The van der Waals surface area contributed by atoms with Gasteiger partial charge in [-0.2, -0.15) is 5.10 Å². The zero-order valence-corrected chi connectivity index (χ0v) is 17.5. The topological polar surface area (TPSA) is 76.3 Å². The van der Waals surface area contributed by atoms with Gasteiger partial charge < -0.3 is 14.7 Å². The van der Waals surface area contributed by atoms with Gasteiger partial charge in [0, 0.05) is 13.1 Å². The summed E-state index contributed by atoms with van der Waals surface area (Å²) >= 11 is 0. The Bertz CT molecular complexity index is 1080. The molecule has 1 aliphatic rings. The second-order valence-electron chi connectivity index (χ2n) is 8.76. The first-order chi connectivity index (χ1) is 14.5. The fourth-order valence-corrected chi connectivity index (χ4v) is 3.93. The number of alkyl halides is 3. The van der Waals surface area contributed by atoms with E-state index in [9.17, 15) is 18.3 Å². The Morgan fingerprint density at radius 1 is 1.10 bits per heavy atom. The highest BCUT2D eigenvalue weighted by Gasteiger charge is 2.36. The third kappa shape index (κ3) is 4.30. The quantitative estimate of drug-likeness (QED) is 0.671. The Morgan fingerprint density at radius 2 is 1.81 bits per heavy atom. The molecule has 0 bridgehead atoms. The fraction of sp³-hybridized carbons (Fsp3) is 0.476. The van der Waals surface area contributed by atoms with Crippen molar-refractivity contribution in [1.29, 1.82) is 0 Å². The maximum Gasteiger partial charge on any atom is 0.573 e. The van der Waals surface area contributed by atoms with Crippen LogP contribution in [-0.4, -0.2) is 44.3 Å². The van der Waals surface area contributed by atoms with Crippen LogP contribution in [0.15, 0.2) is 36.8 Å². The Labute approximate surface area is 177 Å². The van der Waals surface area contributed by atoms with Gasteiger partial charge in [0.15, 0.2) is 5.65 Å². The molecule has 0 saturated carbocycles. The van der Waals surface area contributed by atoms with E-state index in [4.69, 9.17) is 0 Å².